The zero-order chi connectivity index (χ0) is 12.1. The van der Waals surface area contributed by atoms with Gasteiger partial charge in [0.15, 0.2) is 0 Å². The van der Waals surface area contributed by atoms with Crippen molar-refractivity contribution in [3.63, 3.8) is 0 Å². The normalized spacial score (nSPS) is 11.4. The van der Waals surface area contributed by atoms with Crippen molar-refractivity contribution in [1.29, 1.82) is 0 Å². The Bertz CT molecular complexity index is 422. The van der Waals surface area contributed by atoms with Crippen LogP contribution in [0, 0.1) is 13.8 Å². The largest absolute Gasteiger partial charge is 0.466 e. The van der Waals surface area contributed by atoms with E-state index < -0.39 is 0 Å². The number of halogens is 1. The molecule has 0 aliphatic heterocycles. The van der Waals surface area contributed by atoms with Gasteiger partial charge in [-0.25, -0.2) is 4.79 Å². The summed E-state index contributed by atoms with van der Waals surface area (Å²) in [5.41, 5.74) is 4.09. The summed E-state index contributed by atoms with van der Waals surface area (Å²) in [6.45, 7) is 4.12. The molecule has 1 aromatic rings. The van der Waals surface area contributed by atoms with Crippen LogP contribution in [-0.4, -0.2) is 18.4 Å². The molecule has 0 radical (unpaired) electrons. The zero-order valence-electron chi connectivity index (χ0n) is 9.71. The average molecular weight is 283 g/mol. The Morgan fingerprint density at radius 1 is 1.38 bits per heavy atom. The fourth-order valence-corrected chi connectivity index (χ4v) is 1.73. The van der Waals surface area contributed by atoms with Gasteiger partial charge < -0.3 is 4.74 Å². The molecule has 3 heteroatoms. The molecule has 0 N–H and O–H groups in total. The molecule has 0 amide bonds. The molecule has 16 heavy (non-hydrogen) atoms. The average Bonchev–Trinajstić information content (AvgIpc) is 2.29. The monoisotopic (exact) mass is 282 g/mol. The molecular formula is C13H15BrO2. The lowest BCUT2D eigenvalue weighted by Crippen LogP contribution is -2.05. The molecule has 1 aromatic carbocycles. The highest BCUT2D eigenvalue weighted by molar-refractivity contribution is 9.09. The number of benzene rings is 1. The van der Waals surface area contributed by atoms with Crippen LogP contribution in [0.4, 0.5) is 0 Å². The second-order valence-corrected chi connectivity index (χ2v) is 4.20. The fourth-order valence-electron chi connectivity index (χ4n) is 1.34. The van der Waals surface area contributed by atoms with Gasteiger partial charge in [0.25, 0.3) is 0 Å². The number of rotatable bonds is 3. The second kappa shape index (κ2) is 5.85. The minimum Gasteiger partial charge on any atom is -0.466 e. The Hall–Kier alpha value is -1.09. The molecule has 0 saturated carbocycles. The van der Waals surface area contributed by atoms with E-state index >= 15 is 0 Å². The van der Waals surface area contributed by atoms with Crippen molar-refractivity contribution >= 4 is 28.0 Å². The van der Waals surface area contributed by atoms with E-state index in [4.69, 9.17) is 4.74 Å². The summed E-state index contributed by atoms with van der Waals surface area (Å²) in [7, 11) is 1.39. The number of ether oxygens (including phenoxy) is 1. The molecule has 0 aliphatic rings. The molecule has 1 rings (SSSR count). The predicted octanol–water partition coefficient (Wildman–Crippen LogP) is 3.25. The summed E-state index contributed by atoms with van der Waals surface area (Å²) in [6, 6.07) is 6.10. The van der Waals surface area contributed by atoms with Gasteiger partial charge >= 0.3 is 5.97 Å². The number of alkyl halides is 1. The van der Waals surface area contributed by atoms with Gasteiger partial charge in [-0.1, -0.05) is 34.1 Å². The number of carbonyl (C=O) groups excluding carboxylic acids is 1. The summed E-state index contributed by atoms with van der Waals surface area (Å²) in [6.07, 6.45) is 1.84. The predicted molar refractivity (Wildman–Crippen MR) is 69.7 cm³/mol. The zero-order valence-corrected chi connectivity index (χ0v) is 11.3. The second-order valence-electron chi connectivity index (χ2n) is 3.64. The van der Waals surface area contributed by atoms with Gasteiger partial charge in [0, 0.05) is 10.9 Å². The number of aryl methyl sites for hydroxylation is 2. The maximum Gasteiger partial charge on any atom is 0.334 e. The van der Waals surface area contributed by atoms with Crippen molar-refractivity contribution in [3.05, 3.63) is 40.5 Å². The van der Waals surface area contributed by atoms with E-state index in [1.54, 1.807) is 0 Å². The van der Waals surface area contributed by atoms with Crippen molar-refractivity contribution in [1.82, 2.24) is 0 Å². The first-order valence-electron chi connectivity index (χ1n) is 5.00. The third-order valence-corrected chi connectivity index (χ3v) is 3.07. The highest BCUT2D eigenvalue weighted by Crippen LogP contribution is 2.14. The first kappa shape index (κ1) is 13.0. The molecule has 86 valence electrons. The maximum atomic E-state index is 11.4. The number of methoxy groups -OCH3 is 1. The molecular weight excluding hydrogens is 268 g/mol. The van der Waals surface area contributed by atoms with Gasteiger partial charge in [-0.2, -0.15) is 0 Å². The Balaban J connectivity index is 3.04. The van der Waals surface area contributed by atoms with Gasteiger partial charge in [0.2, 0.25) is 0 Å². The van der Waals surface area contributed by atoms with Crippen molar-refractivity contribution < 1.29 is 9.53 Å². The summed E-state index contributed by atoms with van der Waals surface area (Å²) >= 11 is 3.28. The van der Waals surface area contributed by atoms with E-state index in [0.29, 0.717) is 10.9 Å². The molecule has 0 unspecified atom stereocenters. The quantitative estimate of drug-likeness (QED) is 0.483. The third-order valence-electron chi connectivity index (χ3n) is 2.46. The van der Waals surface area contributed by atoms with Crippen LogP contribution in [0.1, 0.15) is 16.7 Å². The summed E-state index contributed by atoms with van der Waals surface area (Å²) < 4.78 is 4.69. The van der Waals surface area contributed by atoms with Gasteiger partial charge in [0.05, 0.1) is 7.11 Å². The van der Waals surface area contributed by atoms with Gasteiger partial charge in [-0.3, -0.25) is 0 Å². The van der Waals surface area contributed by atoms with Crippen LogP contribution in [-0.2, 0) is 9.53 Å². The topological polar surface area (TPSA) is 26.3 Å². The molecule has 0 aliphatic carbocycles. The van der Waals surface area contributed by atoms with Crippen LogP contribution in [0.25, 0.3) is 6.08 Å². The molecule has 0 atom stereocenters. The van der Waals surface area contributed by atoms with E-state index in [1.807, 2.05) is 18.2 Å². The lowest BCUT2D eigenvalue weighted by molar-refractivity contribution is -0.135. The van der Waals surface area contributed by atoms with E-state index in [2.05, 4.69) is 35.8 Å². The van der Waals surface area contributed by atoms with Crippen LogP contribution in [0.2, 0.25) is 0 Å². The molecule has 0 bridgehead atoms. The highest BCUT2D eigenvalue weighted by Gasteiger charge is 2.07. The highest BCUT2D eigenvalue weighted by atomic mass is 79.9. The van der Waals surface area contributed by atoms with Gasteiger partial charge in [0.1, 0.15) is 0 Å². The van der Waals surface area contributed by atoms with Crippen molar-refractivity contribution in [2.45, 2.75) is 13.8 Å². The van der Waals surface area contributed by atoms with Crippen molar-refractivity contribution in [3.8, 4) is 0 Å². The Kier molecular flexibility index (Phi) is 4.74. The maximum absolute atomic E-state index is 11.4. The summed E-state index contributed by atoms with van der Waals surface area (Å²) in [5, 5.41) is 0.493. The number of esters is 1. The van der Waals surface area contributed by atoms with Crippen molar-refractivity contribution in [2.75, 3.05) is 12.4 Å². The van der Waals surface area contributed by atoms with E-state index in [0.717, 1.165) is 5.56 Å². The first-order chi connectivity index (χ1) is 7.58. The molecule has 0 spiro atoms. The minimum absolute atomic E-state index is 0.296. The molecule has 0 aromatic heterocycles. The first-order valence-corrected chi connectivity index (χ1v) is 6.12. The SMILES string of the molecule is COC(=O)/C(=C/c1ccc(C)c(C)c1)CBr. The lowest BCUT2D eigenvalue weighted by Gasteiger charge is -2.04. The smallest absolute Gasteiger partial charge is 0.334 e. The van der Waals surface area contributed by atoms with Crippen LogP contribution in [0.3, 0.4) is 0 Å². The molecule has 0 fully saturated rings. The van der Waals surface area contributed by atoms with Crippen LogP contribution < -0.4 is 0 Å². The lowest BCUT2D eigenvalue weighted by atomic mass is 10.0. The fraction of sp³-hybridized carbons (Fsp3) is 0.308. The summed E-state index contributed by atoms with van der Waals surface area (Å²) in [5.74, 6) is -0.296. The molecule has 0 saturated heterocycles. The van der Waals surface area contributed by atoms with E-state index in [-0.39, 0.29) is 5.97 Å². The summed E-state index contributed by atoms with van der Waals surface area (Å²) in [4.78, 5) is 11.4. The Morgan fingerprint density at radius 2 is 2.06 bits per heavy atom. The van der Waals surface area contributed by atoms with E-state index in [9.17, 15) is 4.79 Å². The van der Waals surface area contributed by atoms with Crippen LogP contribution in [0.5, 0.6) is 0 Å². The van der Waals surface area contributed by atoms with E-state index in [1.165, 1.54) is 18.2 Å². The van der Waals surface area contributed by atoms with Crippen LogP contribution in [0.15, 0.2) is 23.8 Å². The number of hydrogen-bond acceptors (Lipinski definition) is 2. The van der Waals surface area contributed by atoms with Crippen molar-refractivity contribution in [2.24, 2.45) is 0 Å². The minimum atomic E-state index is -0.296. The van der Waals surface area contributed by atoms with Gasteiger partial charge in [-0.15, -0.1) is 0 Å². The Labute approximate surface area is 104 Å². The van der Waals surface area contributed by atoms with Gasteiger partial charge in [-0.05, 0) is 36.6 Å². The number of carbonyl (C=O) groups is 1. The third kappa shape index (κ3) is 3.20. The molecule has 2 nitrogen and oxygen atoms in total. The number of hydrogen-bond donors (Lipinski definition) is 0. The Morgan fingerprint density at radius 3 is 2.56 bits per heavy atom. The molecule has 0 heterocycles. The standard InChI is InChI=1S/C13H15BrO2/c1-9-4-5-11(6-10(9)2)7-12(8-14)13(15)16-3/h4-7H,8H2,1-3H3/b12-7+. The van der Waals surface area contributed by atoms with Crippen LogP contribution >= 0.6 is 15.9 Å².